The van der Waals surface area contributed by atoms with Gasteiger partial charge in [-0.05, 0) is 42.3 Å². The number of carbonyl (C=O) groups is 2. The summed E-state index contributed by atoms with van der Waals surface area (Å²) in [7, 11) is 3.42. The Morgan fingerprint density at radius 1 is 1.00 bits per heavy atom. The predicted molar refractivity (Wildman–Crippen MR) is 157 cm³/mol. The van der Waals surface area contributed by atoms with Crippen molar-refractivity contribution in [2.75, 3.05) is 20.7 Å². The van der Waals surface area contributed by atoms with Gasteiger partial charge in [-0.3, -0.25) is 9.59 Å². The molecule has 1 fully saturated rings. The molecule has 7 nitrogen and oxygen atoms in total. The largest absolute Gasteiger partial charge is 0.496 e. The Morgan fingerprint density at radius 3 is 2.33 bits per heavy atom. The summed E-state index contributed by atoms with van der Waals surface area (Å²) in [5, 5.41) is 6.87. The molecule has 4 rings (SSSR count). The fraction of sp³-hybridized carbons (Fsp3) is 0.323. The molecule has 0 saturated carbocycles. The second kappa shape index (κ2) is 13.8. The first-order valence-electron chi connectivity index (χ1n) is 13.3. The Balaban J connectivity index is 1.43. The fourth-order valence-corrected chi connectivity index (χ4v) is 5.21. The van der Waals surface area contributed by atoms with Crippen LogP contribution in [0.1, 0.15) is 29.5 Å². The van der Waals surface area contributed by atoms with E-state index in [2.05, 4.69) is 10.6 Å². The molecule has 2 amide bonds. The van der Waals surface area contributed by atoms with Crippen molar-refractivity contribution in [3.05, 3.63) is 102 Å². The van der Waals surface area contributed by atoms with Crippen molar-refractivity contribution in [3.63, 3.8) is 0 Å². The van der Waals surface area contributed by atoms with Crippen LogP contribution < -0.4 is 15.4 Å². The van der Waals surface area contributed by atoms with E-state index >= 15 is 0 Å². The zero-order valence-corrected chi connectivity index (χ0v) is 23.3. The van der Waals surface area contributed by atoms with E-state index in [1.807, 2.05) is 89.8 Å². The lowest BCUT2D eigenvalue weighted by molar-refractivity contribution is -0.136. The number of hydrogen-bond acceptors (Lipinski definition) is 4. The molecule has 1 heterocycles. The Labute approximate surface area is 236 Å². The minimum atomic E-state index is -0.689. The second-order valence-corrected chi connectivity index (χ2v) is 10.1. The third kappa shape index (κ3) is 7.57. The van der Waals surface area contributed by atoms with Gasteiger partial charge in [-0.15, -0.1) is 0 Å². The molecule has 1 aliphatic heterocycles. The van der Waals surface area contributed by atoms with Crippen LogP contribution in [-0.2, 0) is 29.1 Å². The third-order valence-electron chi connectivity index (χ3n) is 6.97. The zero-order chi connectivity index (χ0) is 27.6. The predicted octanol–water partition coefficient (Wildman–Crippen LogP) is 3.92. The molecule has 2 N–H and O–H groups in total. The van der Waals surface area contributed by atoms with E-state index < -0.39 is 12.1 Å². The molecule has 1 saturated heterocycles. The van der Waals surface area contributed by atoms with Crippen LogP contribution in [0.5, 0.6) is 5.75 Å². The fourth-order valence-electron chi connectivity index (χ4n) is 4.92. The topological polar surface area (TPSA) is 73.9 Å². The maximum atomic E-state index is 13.6. The van der Waals surface area contributed by atoms with Gasteiger partial charge in [-0.2, -0.15) is 0 Å². The van der Waals surface area contributed by atoms with Gasteiger partial charge in [-0.1, -0.05) is 78.9 Å². The monoisotopic (exact) mass is 544 g/mol. The molecular formula is C31H36N4O3S. The first kappa shape index (κ1) is 28.1. The molecule has 8 heteroatoms. The number of carbonyl (C=O) groups excluding carboxylic acids is 2. The lowest BCUT2D eigenvalue weighted by Crippen LogP contribution is -2.55. The zero-order valence-electron chi connectivity index (χ0n) is 22.5. The number of ether oxygens (including phenoxy) is 1. The molecule has 3 aromatic carbocycles. The Morgan fingerprint density at radius 2 is 1.64 bits per heavy atom. The van der Waals surface area contributed by atoms with Crippen molar-refractivity contribution in [2.24, 2.45) is 0 Å². The third-order valence-corrected chi connectivity index (χ3v) is 7.35. The highest BCUT2D eigenvalue weighted by atomic mass is 32.1. The number of hydrogen-bond donors (Lipinski definition) is 2. The normalized spacial score (nSPS) is 15.3. The summed E-state index contributed by atoms with van der Waals surface area (Å²) >= 11 is 5.69. The van der Waals surface area contributed by atoms with Crippen LogP contribution in [0.2, 0.25) is 0 Å². The maximum absolute atomic E-state index is 13.6. The molecule has 39 heavy (non-hydrogen) atoms. The Bertz CT molecular complexity index is 1250. The van der Waals surface area contributed by atoms with Crippen molar-refractivity contribution in [1.29, 1.82) is 0 Å². The van der Waals surface area contributed by atoms with E-state index in [4.69, 9.17) is 17.0 Å². The van der Waals surface area contributed by atoms with E-state index in [1.165, 1.54) is 0 Å². The summed E-state index contributed by atoms with van der Waals surface area (Å²) in [6.45, 7) is 1.64. The van der Waals surface area contributed by atoms with Gasteiger partial charge in [0.05, 0.1) is 7.11 Å². The van der Waals surface area contributed by atoms with E-state index in [9.17, 15) is 9.59 Å². The minimum Gasteiger partial charge on any atom is -0.496 e. The molecule has 2 atom stereocenters. The molecule has 1 aliphatic rings. The van der Waals surface area contributed by atoms with Gasteiger partial charge in [0.2, 0.25) is 11.8 Å². The number of para-hydroxylation sites is 1. The lowest BCUT2D eigenvalue weighted by Gasteiger charge is -2.30. The highest BCUT2D eigenvalue weighted by molar-refractivity contribution is 7.80. The molecule has 204 valence electrons. The Hall–Kier alpha value is -3.91. The van der Waals surface area contributed by atoms with Gasteiger partial charge in [0.15, 0.2) is 5.11 Å². The first-order chi connectivity index (χ1) is 19.0. The van der Waals surface area contributed by atoms with E-state index in [1.54, 1.807) is 19.1 Å². The van der Waals surface area contributed by atoms with Crippen molar-refractivity contribution < 1.29 is 14.3 Å². The maximum Gasteiger partial charge on any atom is 0.245 e. The molecule has 0 aliphatic carbocycles. The summed E-state index contributed by atoms with van der Waals surface area (Å²) in [6, 6.07) is 26.2. The minimum absolute atomic E-state index is 0.127. The smallest absolute Gasteiger partial charge is 0.245 e. The molecule has 0 unspecified atom stereocenters. The van der Waals surface area contributed by atoms with Crippen molar-refractivity contribution >= 4 is 29.1 Å². The number of nitrogens with one attached hydrogen (secondary N) is 2. The number of nitrogens with zero attached hydrogens (tertiary/aromatic N) is 2. The first-order valence-corrected chi connectivity index (χ1v) is 13.7. The molecular weight excluding hydrogens is 508 g/mol. The summed E-state index contributed by atoms with van der Waals surface area (Å²) in [5.41, 5.74) is 3.01. The summed E-state index contributed by atoms with van der Waals surface area (Å²) in [4.78, 5) is 30.8. The van der Waals surface area contributed by atoms with Crippen molar-refractivity contribution in [3.8, 4) is 5.75 Å². The van der Waals surface area contributed by atoms with Gasteiger partial charge in [-0.25, -0.2) is 0 Å². The number of likely N-dealkylation sites (tertiary alicyclic amines) is 1. The number of rotatable bonds is 10. The van der Waals surface area contributed by atoms with Crippen LogP contribution in [-0.4, -0.2) is 59.5 Å². The summed E-state index contributed by atoms with van der Waals surface area (Å²) < 4.78 is 5.44. The second-order valence-electron chi connectivity index (χ2n) is 9.75. The summed E-state index contributed by atoms with van der Waals surface area (Å²) in [5.74, 6) is 0.471. The van der Waals surface area contributed by atoms with Crippen molar-refractivity contribution in [1.82, 2.24) is 20.4 Å². The standard InChI is InChI=1S/C31H36N4O3S/c1-34(22-24-14-7-4-8-15-24)30(37)26(20-23-12-5-3-6-13-23)33-29(36)27-17-11-19-35(27)31(39)32-21-25-16-9-10-18-28(25)38-2/h3-10,12-16,18,26-27H,11,17,19-22H2,1-2H3,(H,32,39)(H,33,36)/t26-,27+/m1/s1. The molecule has 0 aromatic heterocycles. The van der Waals surface area contributed by atoms with Crippen LogP contribution in [0.15, 0.2) is 84.9 Å². The van der Waals surface area contributed by atoms with E-state index in [0.29, 0.717) is 37.6 Å². The number of likely N-dealkylation sites (N-methyl/N-ethyl adjacent to an activating group) is 1. The highest BCUT2D eigenvalue weighted by Gasteiger charge is 2.35. The number of thiocarbonyl (C=S) groups is 1. The molecule has 0 bridgehead atoms. The van der Waals surface area contributed by atoms with Crippen LogP contribution in [0.4, 0.5) is 0 Å². The highest BCUT2D eigenvalue weighted by Crippen LogP contribution is 2.20. The van der Waals surface area contributed by atoms with Gasteiger partial charge in [0.25, 0.3) is 0 Å². The molecule has 3 aromatic rings. The van der Waals surface area contributed by atoms with Crippen LogP contribution in [0.25, 0.3) is 0 Å². The SMILES string of the molecule is COc1ccccc1CNC(=S)N1CCC[C@H]1C(=O)N[C@H](Cc1ccccc1)C(=O)N(C)Cc1ccccc1. The van der Waals surface area contributed by atoms with Gasteiger partial charge in [0, 0.05) is 38.7 Å². The quantitative estimate of drug-likeness (QED) is 0.377. The average Bonchev–Trinajstić information content (AvgIpc) is 3.47. The van der Waals surface area contributed by atoms with E-state index in [-0.39, 0.29) is 11.8 Å². The van der Waals surface area contributed by atoms with Crippen LogP contribution >= 0.6 is 12.2 Å². The van der Waals surface area contributed by atoms with Gasteiger partial charge >= 0.3 is 0 Å². The summed E-state index contributed by atoms with van der Waals surface area (Å²) in [6.07, 6.45) is 1.93. The molecule has 0 radical (unpaired) electrons. The lowest BCUT2D eigenvalue weighted by atomic mass is 10.0. The molecule has 0 spiro atoms. The van der Waals surface area contributed by atoms with Crippen LogP contribution in [0.3, 0.4) is 0 Å². The van der Waals surface area contributed by atoms with E-state index in [0.717, 1.165) is 28.9 Å². The Kier molecular flexibility index (Phi) is 9.91. The van der Waals surface area contributed by atoms with Crippen molar-refractivity contribution in [2.45, 2.75) is 44.4 Å². The van der Waals surface area contributed by atoms with Gasteiger partial charge in [0.1, 0.15) is 17.8 Å². The number of amides is 2. The average molecular weight is 545 g/mol. The number of methoxy groups -OCH3 is 1. The van der Waals surface area contributed by atoms with Crippen LogP contribution in [0, 0.1) is 0 Å². The van der Waals surface area contributed by atoms with Gasteiger partial charge < -0.3 is 25.2 Å². The number of benzene rings is 3.